The summed E-state index contributed by atoms with van der Waals surface area (Å²) in [6, 6.07) is 9.63. The van der Waals surface area contributed by atoms with Gasteiger partial charge in [0.1, 0.15) is 5.82 Å². The summed E-state index contributed by atoms with van der Waals surface area (Å²) in [6.07, 6.45) is -0.0674. The van der Waals surface area contributed by atoms with E-state index in [1.54, 1.807) is 6.92 Å². The number of halogens is 1. The van der Waals surface area contributed by atoms with E-state index in [1.807, 2.05) is 0 Å². The maximum Gasteiger partial charge on any atom is 0.338 e. The van der Waals surface area contributed by atoms with E-state index in [2.05, 4.69) is 4.72 Å². The first-order chi connectivity index (χ1) is 12.1. The van der Waals surface area contributed by atoms with Gasteiger partial charge in [-0.3, -0.25) is 9.52 Å². The predicted molar refractivity (Wildman–Crippen MR) is 95.3 cm³/mol. The summed E-state index contributed by atoms with van der Waals surface area (Å²) in [7, 11) is -3.41. The number of sulfonamides is 1. The quantitative estimate of drug-likeness (QED) is 0.616. The number of nitrogens with one attached hydrogen (secondary N) is 1. The van der Waals surface area contributed by atoms with Gasteiger partial charge in [0.2, 0.25) is 15.8 Å². The Morgan fingerprint density at radius 3 is 2.19 bits per heavy atom. The Hall–Kier alpha value is -2.74. The van der Waals surface area contributed by atoms with E-state index < -0.39 is 33.7 Å². The maximum absolute atomic E-state index is 13.5. The smallest absolute Gasteiger partial charge is 0.338 e. The minimum Gasteiger partial charge on any atom is -0.451 e. The second kappa shape index (κ2) is 7.65. The van der Waals surface area contributed by atoms with E-state index in [9.17, 15) is 22.4 Å². The number of rotatable bonds is 6. The molecule has 0 aliphatic rings. The molecule has 0 saturated heterocycles. The Bertz CT molecular complexity index is 939. The molecular formula is C18H18FNO5S. The lowest BCUT2D eigenvalue weighted by Gasteiger charge is -2.13. The normalized spacial score (nSPS) is 12.3. The van der Waals surface area contributed by atoms with Crippen molar-refractivity contribution in [2.45, 2.75) is 20.0 Å². The van der Waals surface area contributed by atoms with E-state index in [4.69, 9.17) is 4.74 Å². The first-order valence-corrected chi connectivity index (χ1v) is 9.55. The molecule has 0 spiro atoms. The van der Waals surface area contributed by atoms with Crippen LogP contribution < -0.4 is 4.72 Å². The first kappa shape index (κ1) is 19.6. The minimum atomic E-state index is -3.41. The van der Waals surface area contributed by atoms with Crippen molar-refractivity contribution in [3.63, 3.8) is 0 Å². The van der Waals surface area contributed by atoms with E-state index in [-0.39, 0.29) is 11.1 Å². The van der Waals surface area contributed by atoms with Crippen LogP contribution in [-0.4, -0.2) is 32.5 Å². The molecule has 2 aromatic carbocycles. The lowest BCUT2D eigenvalue weighted by molar-refractivity contribution is 0.0318. The number of benzene rings is 2. The number of Topliss-reactive ketones (excluding diaryl/α,β-unsaturated/α-hetero) is 1. The van der Waals surface area contributed by atoms with E-state index in [1.165, 1.54) is 43.3 Å². The largest absolute Gasteiger partial charge is 0.451 e. The van der Waals surface area contributed by atoms with E-state index >= 15 is 0 Å². The molecule has 0 aliphatic heterocycles. The number of carbonyl (C=O) groups excluding carboxylic acids is 2. The lowest BCUT2D eigenvalue weighted by Crippen LogP contribution is -2.24. The molecule has 1 N–H and O–H groups in total. The molecule has 0 fully saturated rings. The summed E-state index contributed by atoms with van der Waals surface area (Å²) >= 11 is 0. The number of esters is 1. The third-order valence-corrected chi connectivity index (χ3v) is 4.14. The molecule has 0 amide bonds. The molecule has 138 valence electrons. The van der Waals surface area contributed by atoms with Gasteiger partial charge in [-0.05, 0) is 55.8 Å². The van der Waals surface area contributed by atoms with Gasteiger partial charge in [-0.15, -0.1) is 0 Å². The highest BCUT2D eigenvalue weighted by atomic mass is 32.2. The van der Waals surface area contributed by atoms with Crippen LogP contribution in [0.2, 0.25) is 0 Å². The molecule has 0 heterocycles. The Labute approximate surface area is 151 Å². The van der Waals surface area contributed by atoms with Crippen molar-refractivity contribution < 1.29 is 27.1 Å². The number of ether oxygens (including phenoxy) is 1. The number of hydrogen-bond acceptors (Lipinski definition) is 5. The number of aryl methyl sites for hydroxylation is 1. The van der Waals surface area contributed by atoms with Crippen LogP contribution in [-0.2, 0) is 14.8 Å². The molecule has 0 radical (unpaired) electrons. The molecule has 0 saturated carbocycles. The second-order valence-electron chi connectivity index (χ2n) is 5.83. The molecule has 0 unspecified atom stereocenters. The van der Waals surface area contributed by atoms with Crippen LogP contribution in [0.25, 0.3) is 0 Å². The Morgan fingerprint density at radius 1 is 1.08 bits per heavy atom. The van der Waals surface area contributed by atoms with Crippen molar-refractivity contribution in [3.8, 4) is 0 Å². The number of hydrogen-bond donors (Lipinski definition) is 1. The SMILES string of the molecule is Cc1ccc(C(=O)O[C@@H](C)C(=O)c2ccc(NS(C)(=O)=O)cc2)cc1F. The summed E-state index contributed by atoms with van der Waals surface area (Å²) in [5, 5.41) is 0. The third kappa shape index (κ3) is 5.13. The van der Waals surface area contributed by atoms with Crippen molar-refractivity contribution >= 4 is 27.5 Å². The Morgan fingerprint density at radius 2 is 1.65 bits per heavy atom. The van der Waals surface area contributed by atoms with Gasteiger partial charge < -0.3 is 4.74 Å². The molecular weight excluding hydrogens is 361 g/mol. The standard InChI is InChI=1S/C18H18FNO5S/c1-11-4-5-14(10-16(11)19)18(22)25-12(2)17(21)13-6-8-15(9-7-13)20-26(3,23)24/h4-10,12,20H,1-3H3/t12-/m0/s1. The van der Waals surface area contributed by atoms with Crippen molar-refractivity contribution in [1.82, 2.24) is 0 Å². The van der Waals surface area contributed by atoms with Gasteiger partial charge in [-0.25, -0.2) is 17.6 Å². The highest BCUT2D eigenvalue weighted by Gasteiger charge is 2.21. The number of ketones is 1. The fourth-order valence-corrected chi connectivity index (χ4v) is 2.72. The van der Waals surface area contributed by atoms with Crippen LogP contribution in [0.5, 0.6) is 0 Å². The van der Waals surface area contributed by atoms with Crippen LogP contribution in [0.4, 0.5) is 10.1 Å². The van der Waals surface area contributed by atoms with Crippen LogP contribution in [0.15, 0.2) is 42.5 Å². The summed E-state index contributed by atoms with van der Waals surface area (Å²) in [6.45, 7) is 2.98. The fraction of sp³-hybridized carbons (Fsp3) is 0.222. The fourth-order valence-electron chi connectivity index (χ4n) is 2.15. The number of anilines is 1. The zero-order valence-corrected chi connectivity index (χ0v) is 15.3. The molecule has 8 heteroatoms. The summed E-state index contributed by atoms with van der Waals surface area (Å²) < 4.78 is 43.2. The van der Waals surface area contributed by atoms with Crippen LogP contribution in [0.1, 0.15) is 33.2 Å². The Kier molecular flexibility index (Phi) is 5.76. The average Bonchev–Trinajstić information content (AvgIpc) is 2.55. The van der Waals surface area contributed by atoms with Gasteiger partial charge in [-0.2, -0.15) is 0 Å². The topological polar surface area (TPSA) is 89.5 Å². The van der Waals surface area contributed by atoms with Crippen LogP contribution in [0.3, 0.4) is 0 Å². The zero-order valence-electron chi connectivity index (χ0n) is 14.4. The maximum atomic E-state index is 13.5. The summed E-state index contributed by atoms with van der Waals surface area (Å²) in [5.74, 6) is -1.80. The predicted octanol–water partition coefficient (Wildman–Crippen LogP) is 2.93. The molecule has 2 rings (SSSR count). The summed E-state index contributed by atoms with van der Waals surface area (Å²) in [5.41, 5.74) is 0.970. The van der Waals surface area contributed by atoms with Gasteiger partial charge in [0, 0.05) is 11.3 Å². The third-order valence-electron chi connectivity index (χ3n) is 3.53. The van der Waals surface area contributed by atoms with E-state index in [0.29, 0.717) is 11.3 Å². The highest BCUT2D eigenvalue weighted by molar-refractivity contribution is 7.92. The van der Waals surface area contributed by atoms with Crippen molar-refractivity contribution in [2.24, 2.45) is 0 Å². The molecule has 26 heavy (non-hydrogen) atoms. The minimum absolute atomic E-state index is 0.0143. The first-order valence-electron chi connectivity index (χ1n) is 7.66. The monoisotopic (exact) mass is 379 g/mol. The van der Waals surface area contributed by atoms with Gasteiger partial charge in [0.25, 0.3) is 0 Å². The summed E-state index contributed by atoms with van der Waals surface area (Å²) in [4.78, 5) is 24.4. The van der Waals surface area contributed by atoms with E-state index in [0.717, 1.165) is 12.3 Å². The average molecular weight is 379 g/mol. The highest BCUT2D eigenvalue weighted by Crippen LogP contribution is 2.15. The van der Waals surface area contributed by atoms with Crippen molar-refractivity contribution in [2.75, 3.05) is 11.0 Å². The molecule has 0 aromatic heterocycles. The zero-order chi connectivity index (χ0) is 19.5. The van der Waals surface area contributed by atoms with Crippen molar-refractivity contribution in [1.29, 1.82) is 0 Å². The molecule has 0 aliphatic carbocycles. The molecule has 6 nitrogen and oxygen atoms in total. The molecule has 1 atom stereocenters. The Balaban J connectivity index is 2.06. The second-order valence-corrected chi connectivity index (χ2v) is 7.58. The van der Waals surface area contributed by atoms with Crippen molar-refractivity contribution in [3.05, 3.63) is 65.0 Å². The van der Waals surface area contributed by atoms with Gasteiger partial charge in [0.05, 0.1) is 11.8 Å². The van der Waals surface area contributed by atoms with Crippen LogP contribution >= 0.6 is 0 Å². The molecule has 2 aromatic rings. The van der Waals surface area contributed by atoms with Gasteiger partial charge in [0.15, 0.2) is 6.10 Å². The van der Waals surface area contributed by atoms with Gasteiger partial charge in [-0.1, -0.05) is 6.07 Å². The molecule has 0 bridgehead atoms. The van der Waals surface area contributed by atoms with Gasteiger partial charge >= 0.3 is 5.97 Å². The van der Waals surface area contributed by atoms with Crippen LogP contribution in [0, 0.1) is 12.7 Å². The number of carbonyl (C=O) groups is 2. The lowest BCUT2D eigenvalue weighted by atomic mass is 10.1.